The van der Waals surface area contributed by atoms with Gasteiger partial charge in [0.15, 0.2) is 5.78 Å². The standard InChI is InChI=1S/C10H10N2O2S/c1-6-9(12-10(14)11-6)8(13)4-7-2-3-15-5-7/h2-3,5H,4H2,1H3,(H2,11,12,14). The van der Waals surface area contributed by atoms with Gasteiger partial charge in [0.25, 0.3) is 0 Å². The van der Waals surface area contributed by atoms with Crippen LogP contribution in [0.25, 0.3) is 0 Å². The molecule has 0 amide bonds. The van der Waals surface area contributed by atoms with Crippen LogP contribution in [0.1, 0.15) is 21.7 Å². The number of nitrogens with one attached hydrogen (secondary N) is 2. The van der Waals surface area contributed by atoms with Crippen molar-refractivity contribution in [3.05, 3.63) is 44.3 Å². The topological polar surface area (TPSA) is 65.7 Å². The van der Waals surface area contributed by atoms with Crippen LogP contribution in [-0.4, -0.2) is 15.8 Å². The fourth-order valence-corrected chi connectivity index (χ4v) is 2.09. The predicted octanol–water partition coefficient (Wildman–Crippen LogP) is 1.50. The Bertz CT molecular complexity index is 522. The van der Waals surface area contributed by atoms with E-state index in [1.165, 1.54) is 0 Å². The average Bonchev–Trinajstić information content (AvgIpc) is 2.75. The molecule has 0 aliphatic carbocycles. The number of hydrogen-bond acceptors (Lipinski definition) is 3. The third kappa shape index (κ3) is 2.07. The van der Waals surface area contributed by atoms with Gasteiger partial charge in [-0.15, -0.1) is 0 Å². The van der Waals surface area contributed by atoms with Crippen molar-refractivity contribution in [2.24, 2.45) is 0 Å². The van der Waals surface area contributed by atoms with Crippen molar-refractivity contribution in [2.75, 3.05) is 0 Å². The number of thiophene rings is 1. The van der Waals surface area contributed by atoms with Gasteiger partial charge in [-0.1, -0.05) is 0 Å². The molecular weight excluding hydrogens is 212 g/mol. The lowest BCUT2D eigenvalue weighted by Gasteiger charge is -1.96. The van der Waals surface area contributed by atoms with E-state index in [9.17, 15) is 9.59 Å². The van der Waals surface area contributed by atoms with E-state index in [0.717, 1.165) is 5.56 Å². The number of carbonyl (C=O) groups excluding carboxylic acids is 1. The zero-order chi connectivity index (χ0) is 10.8. The Balaban J connectivity index is 2.22. The van der Waals surface area contributed by atoms with E-state index >= 15 is 0 Å². The Kier molecular flexibility index (Phi) is 2.55. The summed E-state index contributed by atoms with van der Waals surface area (Å²) in [6.45, 7) is 1.71. The minimum atomic E-state index is -0.332. The van der Waals surface area contributed by atoms with Gasteiger partial charge in [0.2, 0.25) is 0 Å². The van der Waals surface area contributed by atoms with Crippen LogP contribution in [0.5, 0.6) is 0 Å². The molecule has 0 aromatic carbocycles. The van der Waals surface area contributed by atoms with Gasteiger partial charge < -0.3 is 9.97 Å². The fraction of sp³-hybridized carbons (Fsp3) is 0.200. The highest BCUT2D eigenvalue weighted by molar-refractivity contribution is 7.08. The first-order valence-corrected chi connectivity index (χ1v) is 5.44. The molecule has 0 unspecified atom stereocenters. The maximum absolute atomic E-state index is 11.8. The van der Waals surface area contributed by atoms with Gasteiger partial charge in [-0.2, -0.15) is 11.3 Å². The van der Waals surface area contributed by atoms with Gasteiger partial charge >= 0.3 is 5.69 Å². The molecule has 0 fully saturated rings. The van der Waals surface area contributed by atoms with Crippen LogP contribution in [0.4, 0.5) is 0 Å². The van der Waals surface area contributed by atoms with E-state index in [1.54, 1.807) is 18.3 Å². The van der Waals surface area contributed by atoms with E-state index in [2.05, 4.69) is 9.97 Å². The first-order chi connectivity index (χ1) is 7.16. The summed E-state index contributed by atoms with van der Waals surface area (Å²) in [4.78, 5) is 27.8. The molecule has 0 spiro atoms. The van der Waals surface area contributed by atoms with Gasteiger partial charge in [0, 0.05) is 12.1 Å². The second kappa shape index (κ2) is 3.86. The average molecular weight is 222 g/mol. The second-order valence-corrected chi connectivity index (χ2v) is 4.09. The molecule has 4 nitrogen and oxygen atoms in total. The lowest BCUT2D eigenvalue weighted by molar-refractivity contribution is 0.0988. The highest BCUT2D eigenvalue weighted by atomic mass is 32.1. The summed E-state index contributed by atoms with van der Waals surface area (Å²) in [5.74, 6) is -0.0655. The number of aryl methyl sites for hydroxylation is 1. The van der Waals surface area contributed by atoms with Crippen molar-refractivity contribution >= 4 is 17.1 Å². The summed E-state index contributed by atoms with van der Waals surface area (Å²) in [5, 5.41) is 3.85. The Labute approximate surface area is 90.0 Å². The molecule has 0 bridgehead atoms. The summed E-state index contributed by atoms with van der Waals surface area (Å²) in [6.07, 6.45) is 0.331. The molecule has 0 saturated heterocycles. The SMILES string of the molecule is Cc1[nH]c(=O)[nH]c1C(=O)Cc1ccsc1. The van der Waals surface area contributed by atoms with E-state index in [0.29, 0.717) is 17.8 Å². The molecule has 15 heavy (non-hydrogen) atoms. The lowest BCUT2D eigenvalue weighted by atomic mass is 10.1. The number of imidazole rings is 1. The molecular formula is C10H10N2O2S. The number of rotatable bonds is 3. The molecule has 2 aromatic rings. The predicted molar refractivity (Wildman–Crippen MR) is 58.5 cm³/mol. The number of Topliss-reactive ketones (excluding diaryl/α,β-unsaturated/α-hetero) is 1. The maximum Gasteiger partial charge on any atom is 0.323 e. The van der Waals surface area contributed by atoms with Gasteiger partial charge in [0.05, 0.1) is 0 Å². The minimum absolute atomic E-state index is 0.0655. The number of aromatic nitrogens is 2. The van der Waals surface area contributed by atoms with Crippen LogP contribution in [-0.2, 0) is 6.42 Å². The number of hydrogen-bond donors (Lipinski definition) is 2. The molecule has 0 aliphatic rings. The molecule has 0 radical (unpaired) electrons. The zero-order valence-electron chi connectivity index (χ0n) is 8.16. The summed E-state index contributed by atoms with van der Waals surface area (Å²) in [6, 6.07) is 1.91. The zero-order valence-corrected chi connectivity index (χ0v) is 8.98. The molecule has 0 saturated carbocycles. The Morgan fingerprint density at radius 3 is 2.80 bits per heavy atom. The molecule has 2 N–H and O–H groups in total. The van der Waals surface area contributed by atoms with Crippen molar-refractivity contribution < 1.29 is 4.79 Å². The van der Waals surface area contributed by atoms with E-state index in [1.807, 2.05) is 16.8 Å². The van der Waals surface area contributed by atoms with Gasteiger partial charge in [-0.05, 0) is 29.3 Å². The monoisotopic (exact) mass is 222 g/mol. The minimum Gasteiger partial charge on any atom is -0.310 e. The van der Waals surface area contributed by atoms with Gasteiger partial charge in [-0.3, -0.25) is 4.79 Å². The molecule has 0 aliphatic heterocycles. The normalized spacial score (nSPS) is 10.5. The third-order valence-corrected chi connectivity index (χ3v) is 2.87. The number of carbonyl (C=O) groups is 1. The van der Waals surface area contributed by atoms with E-state index < -0.39 is 0 Å². The third-order valence-electron chi connectivity index (χ3n) is 2.14. The van der Waals surface area contributed by atoms with Crippen molar-refractivity contribution in [1.82, 2.24) is 9.97 Å². The molecule has 78 valence electrons. The van der Waals surface area contributed by atoms with Crippen molar-refractivity contribution in [2.45, 2.75) is 13.3 Å². The highest BCUT2D eigenvalue weighted by Gasteiger charge is 2.12. The largest absolute Gasteiger partial charge is 0.323 e. The van der Waals surface area contributed by atoms with Crippen molar-refractivity contribution in [1.29, 1.82) is 0 Å². The van der Waals surface area contributed by atoms with Crippen LogP contribution in [0, 0.1) is 6.92 Å². The van der Waals surface area contributed by atoms with Crippen molar-refractivity contribution in [3.63, 3.8) is 0 Å². The van der Waals surface area contributed by atoms with Crippen LogP contribution >= 0.6 is 11.3 Å². The van der Waals surface area contributed by atoms with E-state index in [-0.39, 0.29) is 11.5 Å². The quantitative estimate of drug-likeness (QED) is 0.773. The number of aromatic amines is 2. The number of H-pyrrole nitrogens is 2. The van der Waals surface area contributed by atoms with Gasteiger partial charge in [0.1, 0.15) is 5.69 Å². The Morgan fingerprint density at radius 2 is 2.27 bits per heavy atom. The number of ketones is 1. The van der Waals surface area contributed by atoms with Crippen LogP contribution < -0.4 is 5.69 Å². The van der Waals surface area contributed by atoms with Crippen LogP contribution in [0.2, 0.25) is 0 Å². The second-order valence-electron chi connectivity index (χ2n) is 3.31. The smallest absolute Gasteiger partial charge is 0.310 e. The van der Waals surface area contributed by atoms with Crippen LogP contribution in [0.3, 0.4) is 0 Å². The Hall–Kier alpha value is -1.62. The summed E-state index contributed by atoms with van der Waals surface area (Å²) in [7, 11) is 0. The molecule has 2 heterocycles. The summed E-state index contributed by atoms with van der Waals surface area (Å²) in [5.41, 5.74) is 1.62. The molecule has 0 atom stereocenters. The van der Waals surface area contributed by atoms with Crippen molar-refractivity contribution in [3.8, 4) is 0 Å². The molecule has 2 rings (SSSR count). The lowest BCUT2D eigenvalue weighted by Crippen LogP contribution is -2.07. The Morgan fingerprint density at radius 1 is 1.47 bits per heavy atom. The first-order valence-electron chi connectivity index (χ1n) is 4.50. The molecule has 5 heteroatoms. The first kappa shape index (κ1) is 9.92. The summed E-state index contributed by atoms with van der Waals surface area (Å²) >= 11 is 1.55. The van der Waals surface area contributed by atoms with Gasteiger partial charge in [-0.25, -0.2) is 4.79 Å². The summed E-state index contributed by atoms with van der Waals surface area (Å²) < 4.78 is 0. The molecule has 2 aromatic heterocycles. The van der Waals surface area contributed by atoms with E-state index in [4.69, 9.17) is 0 Å². The van der Waals surface area contributed by atoms with Crippen LogP contribution in [0.15, 0.2) is 21.6 Å². The maximum atomic E-state index is 11.8. The fourth-order valence-electron chi connectivity index (χ4n) is 1.42. The highest BCUT2D eigenvalue weighted by Crippen LogP contribution is 2.10.